The fourth-order valence-electron chi connectivity index (χ4n) is 2.53. The number of aromatic nitrogens is 4. The van der Waals surface area contributed by atoms with Crippen molar-refractivity contribution in [2.75, 3.05) is 11.9 Å². The van der Waals surface area contributed by atoms with E-state index in [1.165, 1.54) is 35.1 Å². The summed E-state index contributed by atoms with van der Waals surface area (Å²) in [4.78, 5) is 35.1. The Hall–Kier alpha value is -3.82. The van der Waals surface area contributed by atoms with Crippen molar-refractivity contribution in [1.82, 2.24) is 25.3 Å². The van der Waals surface area contributed by atoms with Crippen LogP contribution in [0.4, 0.5) is 10.1 Å². The normalized spacial score (nSPS) is 10.5. The van der Waals surface area contributed by atoms with Crippen molar-refractivity contribution in [3.63, 3.8) is 0 Å². The summed E-state index contributed by atoms with van der Waals surface area (Å²) < 4.78 is 15.8. The van der Waals surface area contributed by atoms with Crippen molar-refractivity contribution in [3.05, 3.63) is 64.5 Å². The number of hydrogen-bond acceptors (Lipinski definition) is 5. The van der Waals surface area contributed by atoms with Crippen LogP contribution in [0.3, 0.4) is 0 Å². The minimum atomic E-state index is -0.617. The van der Waals surface area contributed by atoms with E-state index in [1.807, 2.05) is 6.92 Å². The zero-order chi connectivity index (χ0) is 20.1. The van der Waals surface area contributed by atoms with E-state index in [9.17, 15) is 18.8 Å². The molecule has 0 aliphatic rings. The molecule has 2 aromatic heterocycles. The number of benzene rings is 1. The minimum absolute atomic E-state index is 0.176. The number of nitrogens with one attached hydrogen (secondary N) is 3. The summed E-state index contributed by atoms with van der Waals surface area (Å²) in [6.45, 7) is 2.09. The third-order valence-corrected chi connectivity index (χ3v) is 3.87. The zero-order valence-corrected chi connectivity index (χ0v) is 14.9. The second-order valence-electron chi connectivity index (χ2n) is 5.76. The van der Waals surface area contributed by atoms with Gasteiger partial charge in [-0.15, -0.1) is 0 Å². The van der Waals surface area contributed by atoms with Gasteiger partial charge in [0.25, 0.3) is 11.5 Å². The lowest BCUT2D eigenvalue weighted by Crippen LogP contribution is -2.34. The Bertz CT molecular complexity index is 1050. The Morgan fingerprint density at radius 2 is 2.04 bits per heavy atom. The molecule has 9 nitrogen and oxygen atoms in total. The number of aromatic amines is 1. The number of rotatable bonds is 6. The lowest BCUT2D eigenvalue weighted by atomic mass is 10.1. The van der Waals surface area contributed by atoms with Crippen LogP contribution in [0.15, 0.2) is 47.4 Å². The average Bonchev–Trinajstić information content (AvgIpc) is 3.16. The van der Waals surface area contributed by atoms with Gasteiger partial charge in [0.2, 0.25) is 5.91 Å². The summed E-state index contributed by atoms with van der Waals surface area (Å²) in [5.74, 6) is -1.56. The van der Waals surface area contributed by atoms with Crippen molar-refractivity contribution >= 4 is 17.5 Å². The van der Waals surface area contributed by atoms with Gasteiger partial charge in [0.05, 0.1) is 12.2 Å². The van der Waals surface area contributed by atoms with E-state index in [4.69, 9.17) is 0 Å². The predicted molar refractivity (Wildman–Crippen MR) is 99.1 cm³/mol. The first-order chi connectivity index (χ1) is 13.5. The van der Waals surface area contributed by atoms with Gasteiger partial charge in [0.15, 0.2) is 0 Å². The number of aryl methyl sites for hydroxylation is 1. The molecule has 0 bridgehead atoms. The van der Waals surface area contributed by atoms with Crippen LogP contribution >= 0.6 is 0 Å². The van der Waals surface area contributed by atoms with Crippen molar-refractivity contribution in [1.29, 1.82) is 0 Å². The van der Waals surface area contributed by atoms with E-state index in [1.54, 1.807) is 6.07 Å². The third kappa shape index (κ3) is 4.29. The number of carbonyl (C=O) groups excluding carboxylic acids is 2. The fraction of sp³-hybridized carbons (Fsp3) is 0.167. The van der Waals surface area contributed by atoms with Crippen LogP contribution in [0.5, 0.6) is 0 Å². The van der Waals surface area contributed by atoms with Crippen LogP contribution < -0.4 is 16.2 Å². The second-order valence-corrected chi connectivity index (χ2v) is 5.76. The monoisotopic (exact) mass is 384 g/mol. The molecule has 0 spiro atoms. The van der Waals surface area contributed by atoms with Crippen LogP contribution in [-0.4, -0.2) is 38.3 Å². The topological polar surface area (TPSA) is 122 Å². The van der Waals surface area contributed by atoms with Crippen molar-refractivity contribution in [2.24, 2.45) is 0 Å². The maximum absolute atomic E-state index is 14.3. The summed E-state index contributed by atoms with van der Waals surface area (Å²) in [6, 6.07) is 8.25. The number of halogens is 1. The first-order valence-corrected chi connectivity index (χ1v) is 8.43. The fourth-order valence-corrected chi connectivity index (χ4v) is 2.53. The Morgan fingerprint density at radius 3 is 2.71 bits per heavy atom. The predicted octanol–water partition coefficient (Wildman–Crippen LogP) is 1.16. The minimum Gasteiger partial charge on any atom is -0.342 e. The Kier molecular flexibility index (Phi) is 5.58. The lowest BCUT2D eigenvalue weighted by Gasteiger charge is -2.09. The number of hydrogen-bond donors (Lipinski definition) is 3. The number of nitrogens with zero attached hydrogens (tertiary/aromatic N) is 3. The molecular weight excluding hydrogens is 367 g/mol. The number of H-pyrrole nitrogens is 1. The van der Waals surface area contributed by atoms with E-state index in [-0.39, 0.29) is 23.5 Å². The molecule has 28 heavy (non-hydrogen) atoms. The summed E-state index contributed by atoms with van der Waals surface area (Å²) in [5.41, 5.74) is 0.616. The largest absolute Gasteiger partial charge is 0.342 e. The molecular formula is C18H17FN6O3. The molecule has 10 heteroatoms. The van der Waals surface area contributed by atoms with E-state index in [2.05, 4.69) is 25.9 Å². The highest BCUT2D eigenvalue weighted by atomic mass is 19.1. The Morgan fingerprint density at radius 1 is 1.21 bits per heavy atom. The average molecular weight is 384 g/mol. The summed E-state index contributed by atoms with van der Waals surface area (Å²) >= 11 is 0. The highest BCUT2D eigenvalue weighted by Gasteiger charge is 2.13. The van der Waals surface area contributed by atoms with Crippen LogP contribution in [-0.2, 0) is 11.3 Å². The molecule has 2 heterocycles. The van der Waals surface area contributed by atoms with Gasteiger partial charge in [-0.2, -0.15) is 10.2 Å². The van der Waals surface area contributed by atoms with E-state index in [0.29, 0.717) is 12.2 Å². The number of carbonyl (C=O) groups is 2. The van der Waals surface area contributed by atoms with Gasteiger partial charge in [0.1, 0.15) is 11.5 Å². The van der Waals surface area contributed by atoms with Crippen LogP contribution in [0, 0.1) is 5.82 Å². The SMILES string of the molecule is CCn1nccc1C(=O)NCC(=O)Nc1ccc(-c2ccc(=O)[nH]n2)c(F)c1. The van der Waals surface area contributed by atoms with Gasteiger partial charge in [-0.3, -0.25) is 19.1 Å². The van der Waals surface area contributed by atoms with Crippen molar-refractivity contribution in [3.8, 4) is 11.3 Å². The Balaban J connectivity index is 1.61. The molecule has 3 aromatic rings. The highest BCUT2D eigenvalue weighted by molar-refractivity contribution is 5.98. The molecule has 2 amide bonds. The first-order valence-electron chi connectivity index (χ1n) is 8.43. The van der Waals surface area contributed by atoms with Gasteiger partial charge in [-0.1, -0.05) is 0 Å². The van der Waals surface area contributed by atoms with E-state index in [0.717, 1.165) is 6.07 Å². The van der Waals surface area contributed by atoms with Gasteiger partial charge in [0, 0.05) is 30.1 Å². The Labute approximate surface area is 158 Å². The highest BCUT2D eigenvalue weighted by Crippen LogP contribution is 2.22. The maximum atomic E-state index is 14.3. The summed E-state index contributed by atoms with van der Waals surface area (Å²) in [6.07, 6.45) is 1.50. The van der Waals surface area contributed by atoms with Gasteiger partial charge >= 0.3 is 0 Å². The quantitative estimate of drug-likeness (QED) is 0.589. The summed E-state index contributed by atoms with van der Waals surface area (Å²) in [7, 11) is 0. The molecule has 0 aliphatic heterocycles. The van der Waals surface area contributed by atoms with Crippen molar-refractivity contribution in [2.45, 2.75) is 13.5 Å². The smallest absolute Gasteiger partial charge is 0.269 e. The second kappa shape index (κ2) is 8.25. The summed E-state index contributed by atoms with van der Waals surface area (Å²) in [5, 5.41) is 15.0. The van der Waals surface area contributed by atoms with Gasteiger partial charge < -0.3 is 10.6 Å². The molecule has 0 saturated heterocycles. The zero-order valence-electron chi connectivity index (χ0n) is 14.9. The first kappa shape index (κ1) is 19.0. The van der Waals surface area contributed by atoms with Crippen molar-refractivity contribution < 1.29 is 14.0 Å². The molecule has 0 radical (unpaired) electrons. The van der Waals surface area contributed by atoms with Crippen LogP contribution in [0.1, 0.15) is 17.4 Å². The van der Waals surface area contributed by atoms with E-state index >= 15 is 0 Å². The maximum Gasteiger partial charge on any atom is 0.269 e. The molecule has 0 fully saturated rings. The molecule has 0 atom stereocenters. The van der Waals surface area contributed by atoms with Gasteiger partial charge in [-0.05, 0) is 37.3 Å². The lowest BCUT2D eigenvalue weighted by molar-refractivity contribution is -0.115. The molecule has 0 aliphatic carbocycles. The molecule has 144 valence electrons. The number of amides is 2. The van der Waals surface area contributed by atoms with E-state index < -0.39 is 23.2 Å². The molecule has 1 aromatic carbocycles. The molecule has 3 N–H and O–H groups in total. The van der Waals surface area contributed by atoms with Crippen LogP contribution in [0.25, 0.3) is 11.3 Å². The molecule has 0 unspecified atom stereocenters. The number of anilines is 1. The third-order valence-electron chi connectivity index (χ3n) is 3.87. The molecule has 3 rings (SSSR count). The van der Waals surface area contributed by atoms with Gasteiger partial charge in [-0.25, -0.2) is 9.49 Å². The van der Waals surface area contributed by atoms with Crippen LogP contribution in [0.2, 0.25) is 0 Å². The standard InChI is InChI=1S/C18H17FN6O3/c1-2-25-15(7-8-21-25)18(28)20-10-17(27)22-11-3-4-12(13(19)9-11)14-5-6-16(26)24-23-14/h3-9H,2,10H2,1H3,(H,20,28)(H,22,27)(H,24,26). The molecule has 0 saturated carbocycles.